The van der Waals surface area contributed by atoms with Crippen molar-refractivity contribution in [2.24, 2.45) is 11.8 Å². The Morgan fingerprint density at radius 3 is 1.07 bits per heavy atom. The SMILES string of the molecule is CCCC1CCC(c2ccc(OC(=O)c3ccc(OCCCCCCOC(=O)CCC(=O)OCCCCCCOc4ccc(OCC)c(C(=O)OCCCCCCOC5CCCCO5)c4)cc3)cc2)CC1.CCCCCCOC(=O)CCC(=O)OCCCCCCOc1ccc(C(=O)Oc2ccc(C3CCC(CCC)CC3)cc2)cc1. The maximum absolute atomic E-state index is 12.9. The fraction of sp³-hybridized carbons (Fsp3) is 0.615. The molecule has 2 saturated carbocycles. The van der Waals surface area contributed by atoms with Crippen molar-refractivity contribution in [2.75, 3.05) is 72.7 Å². The Morgan fingerprint density at radius 2 is 0.690 bits per heavy atom. The Balaban J connectivity index is 0.000000355. The number of carbonyl (C=O) groups excluding carboxylic acids is 7. The summed E-state index contributed by atoms with van der Waals surface area (Å²) in [5.41, 5.74) is 3.97. The Labute approximate surface area is 691 Å². The highest BCUT2D eigenvalue weighted by Crippen LogP contribution is 2.40. The third kappa shape index (κ3) is 39.6. The van der Waals surface area contributed by atoms with Crippen molar-refractivity contribution in [3.8, 4) is 34.5 Å². The summed E-state index contributed by atoms with van der Waals surface area (Å²) in [5.74, 6) is 3.79. The van der Waals surface area contributed by atoms with Crippen LogP contribution in [0.1, 0.15) is 332 Å². The van der Waals surface area contributed by atoms with Crippen molar-refractivity contribution in [1.29, 1.82) is 0 Å². The van der Waals surface area contributed by atoms with Gasteiger partial charge in [-0.25, -0.2) is 14.4 Å². The summed E-state index contributed by atoms with van der Waals surface area (Å²) >= 11 is 0. The summed E-state index contributed by atoms with van der Waals surface area (Å²) in [7, 11) is 0. The maximum Gasteiger partial charge on any atom is 0.343 e. The minimum atomic E-state index is -0.429. The number of unbranched alkanes of at least 4 members (excludes halogenated alkanes) is 15. The summed E-state index contributed by atoms with van der Waals surface area (Å²) in [6.45, 7) is 13.7. The van der Waals surface area contributed by atoms with Crippen LogP contribution < -0.4 is 28.4 Å². The predicted octanol–water partition coefficient (Wildman–Crippen LogP) is 22.4. The molecule has 20 nitrogen and oxygen atoms in total. The van der Waals surface area contributed by atoms with E-state index in [0.29, 0.717) is 136 Å². The second-order valence-corrected chi connectivity index (χ2v) is 31.0. The van der Waals surface area contributed by atoms with Crippen LogP contribution in [0.2, 0.25) is 0 Å². The van der Waals surface area contributed by atoms with E-state index in [1.165, 1.54) is 88.2 Å². The van der Waals surface area contributed by atoms with Crippen LogP contribution in [-0.2, 0) is 52.3 Å². The molecule has 5 aromatic carbocycles. The number of hydrogen-bond acceptors (Lipinski definition) is 20. The zero-order valence-corrected chi connectivity index (χ0v) is 70.4. The Bertz CT molecular complexity index is 3520. The average molecular weight is 1610 g/mol. The molecule has 3 aliphatic rings. The predicted molar refractivity (Wildman–Crippen MR) is 449 cm³/mol. The van der Waals surface area contributed by atoms with Gasteiger partial charge in [-0.3, -0.25) is 19.2 Å². The quantitative estimate of drug-likeness (QED) is 0.0152. The van der Waals surface area contributed by atoms with Gasteiger partial charge in [0.2, 0.25) is 0 Å². The minimum Gasteiger partial charge on any atom is -0.494 e. The normalized spacial score (nSPS) is 16.5. The molecule has 20 heteroatoms. The molecule has 0 aromatic heterocycles. The van der Waals surface area contributed by atoms with E-state index >= 15 is 0 Å². The minimum absolute atomic E-state index is 0.00809. The molecule has 1 heterocycles. The Morgan fingerprint density at radius 1 is 0.328 bits per heavy atom. The van der Waals surface area contributed by atoms with Crippen LogP contribution >= 0.6 is 0 Å². The van der Waals surface area contributed by atoms with Gasteiger partial charge in [0.25, 0.3) is 0 Å². The molecule has 1 saturated heterocycles. The number of esters is 7. The van der Waals surface area contributed by atoms with E-state index in [1.54, 1.807) is 66.7 Å². The van der Waals surface area contributed by atoms with Crippen molar-refractivity contribution < 1.29 is 95.1 Å². The lowest BCUT2D eigenvalue weighted by molar-refractivity contribution is -0.162. The van der Waals surface area contributed by atoms with Crippen molar-refractivity contribution in [3.63, 3.8) is 0 Å². The highest BCUT2D eigenvalue weighted by molar-refractivity contribution is 5.93. The van der Waals surface area contributed by atoms with E-state index < -0.39 is 23.9 Å². The molecule has 1 aliphatic heterocycles. The van der Waals surface area contributed by atoms with Crippen LogP contribution in [0.3, 0.4) is 0 Å². The first kappa shape index (κ1) is 94.7. The molecule has 1 unspecified atom stereocenters. The van der Waals surface area contributed by atoms with Gasteiger partial charge in [0.15, 0.2) is 6.29 Å². The molecule has 0 amide bonds. The first-order chi connectivity index (χ1) is 56.8. The highest BCUT2D eigenvalue weighted by atomic mass is 16.7. The highest BCUT2D eigenvalue weighted by Gasteiger charge is 2.25. The van der Waals surface area contributed by atoms with Gasteiger partial charge >= 0.3 is 41.8 Å². The maximum atomic E-state index is 12.9. The van der Waals surface area contributed by atoms with Crippen molar-refractivity contribution in [3.05, 3.63) is 143 Å². The van der Waals surface area contributed by atoms with Crippen LogP contribution in [0.4, 0.5) is 0 Å². The van der Waals surface area contributed by atoms with E-state index in [0.717, 1.165) is 160 Å². The molecular weight excluding hydrogens is 1470 g/mol. The van der Waals surface area contributed by atoms with Gasteiger partial charge in [-0.1, -0.05) is 96.4 Å². The zero-order chi connectivity index (χ0) is 82.3. The van der Waals surface area contributed by atoms with Crippen molar-refractivity contribution >= 4 is 41.8 Å². The molecule has 8 rings (SSSR count). The van der Waals surface area contributed by atoms with Crippen LogP contribution in [-0.4, -0.2) is 121 Å². The first-order valence-electron chi connectivity index (χ1n) is 44.3. The average Bonchev–Trinajstić information content (AvgIpc) is 0.852. The lowest BCUT2D eigenvalue weighted by Gasteiger charge is -2.28. The third-order valence-corrected chi connectivity index (χ3v) is 21.6. The number of carbonyl (C=O) groups is 7. The van der Waals surface area contributed by atoms with Crippen LogP contribution in [0.15, 0.2) is 115 Å². The summed E-state index contributed by atoms with van der Waals surface area (Å²) in [4.78, 5) is 86.2. The molecule has 1 atom stereocenters. The number of ether oxygens (including phenoxy) is 13. The molecule has 2 aliphatic carbocycles. The van der Waals surface area contributed by atoms with Gasteiger partial charge in [-0.2, -0.15) is 0 Å². The van der Waals surface area contributed by atoms with Gasteiger partial charge in [-0.15, -0.1) is 0 Å². The molecule has 0 bridgehead atoms. The second-order valence-electron chi connectivity index (χ2n) is 31.0. The Kier molecular flexibility index (Phi) is 47.6. The van der Waals surface area contributed by atoms with Gasteiger partial charge in [0, 0.05) is 13.2 Å². The van der Waals surface area contributed by atoms with Crippen LogP contribution in [0, 0.1) is 11.8 Å². The van der Waals surface area contributed by atoms with E-state index in [2.05, 4.69) is 45.0 Å². The van der Waals surface area contributed by atoms with Crippen LogP contribution in [0.25, 0.3) is 0 Å². The summed E-state index contributed by atoms with van der Waals surface area (Å²) in [6.07, 6.45) is 36.7. The van der Waals surface area contributed by atoms with E-state index in [4.69, 9.17) is 61.6 Å². The molecular formula is C96H136O20. The first-order valence-corrected chi connectivity index (χ1v) is 44.3. The topological polar surface area (TPSA) is 239 Å². The zero-order valence-electron chi connectivity index (χ0n) is 70.4. The molecule has 0 radical (unpaired) electrons. The molecule has 116 heavy (non-hydrogen) atoms. The molecule has 0 N–H and O–H groups in total. The largest absolute Gasteiger partial charge is 0.494 e. The molecule has 3 fully saturated rings. The van der Waals surface area contributed by atoms with Gasteiger partial charge in [0.1, 0.15) is 40.1 Å². The Hall–Kier alpha value is -8.49. The van der Waals surface area contributed by atoms with E-state index in [9.17, 15) is 33.6 Å². The van der Waals surface area contributed by atoms with Gasteiger partial charge in [-0.05, 0) is 306 Å². The van der Waals surface area contributed by atoms with E-state index in [1.807, 2.05) is 31.2 Å². The third-order valence-electron chi connectivity index (χ3n) is 21.6. The smallest absolute Gasteiger partial charge is 0.343 e. The van der Waals surface area contributed by atoms with Crippen molar-refractivity contribution in [2.45, 2.75) is 296 Å². The summed E-state index contributed by atoms with van der Waals surface area (Å²) in [6, 6.07) is 35.3. The lowest BCUT2D eigenvalue weighted by Crippen LogP contribution is -2.22. The molecule has 5 aromatic rings. The number of hydrogen-bond donors (Lipinski definition) is 0. The monoisotopic (exact) mass is 1610 g/mol. The second kappa shape index (κ2) is 58.4. The summed E-state index contributed by atoms with van der Waals surface area (Å²) < 4.78 is 72.5. The van der Waals surface area contributed by atoms with Gasteiger partial charge < -0.3 is 61.6 Å². The van der Waals surface area contributed by atoms with Crippen molar-refractivity contribution in [1.82, 2.24) is 0 Å². The lowest BCUT2D eigenvalue weighted by atomic mass is 9.77. The fourth-order valence-corrected chi connectivity index (χ4v) is 14.8. The number of rotatable bonds is 56. The fourth-order valence-electron chi connectivity index (χ4n) is 14.8. The van der Waals surface area contributed by atoms with Crippen LogP contribution in [0.5, 0.6) is 34.5 Å². The molecule has 640 valence electrons. The molecule has 0 spiro atoms. The number of benzene rings is 5. The van der Waals surface area contributed by atoms with E-state index in [-0.39, 0.29) is 49.9 Å². The standard InChI is InChI=1S/C58H82O13.C38H54O7/c1-3-19-45-21-23-46(24-22-45)47-25-31-50(32-26-47)71-57(61)48-27-29-49(30-28-48)64-37-12-5-7-14-39-66-54(59)35-36-55(60)67-40-15-8-6-13-38-65-51-33-34-53(63-4-2)52(44-51)58(62)70-43-17-10-9-16-41-68-56-20-11-18-42-69-56;1-3-5-6-9-28-43-36(39)25-26-37(40)44-29-11-8-7-10-27-42-34-21-19-33(20-22-34)38(41)45-35-23-17-32(18-24-35)31-15-13-30(12-4-2)14-16-31/h25-34,44-46,56H,3-24,35-43H2,1-2H3;17-24,30-31H,3-16,25-29H2,1-2H3. The summed E-state index contributed by atoms with van der Waals surface area (Å²) in [5, 5.41) is 0. The van der Waals surface area contributed by atoms with Gasteiger partial charge in [0.05, 0.1) is 96.3 Å².